The molecule has 19 heavy (non-hydrogen) atoms. The van der Waals surface area contributed by atoms with Crippen LogP contribution in [0.1, 0.15) is 60.3 Å². The van der Waals surface area contributed by atoms with Crippen LogP contribution in [0, 0.1) is 0 Å². The van der Waals surface area contributed by atoms with Crippen LogP contribution in [-0.4, -0.2) is 41.0 Å². The number of carbonyl (C=O) groups is 1. The fraction of sp³-hybridized carbons (Fsp3) is 0.933. The first-order chi connectivity index (χ1) is 8.58. The number of nitrogens with two attached hydrogens (primary N) is 1. The zero-order valence-corrected chi connectivity index (χ0v) is 13.3. The van der Waals surface area contributed by atoms with Crippen molar-refractivity contribution in [3.05, 3.63) is 0 Å². The highest BCUT2D eigenvalue weighted by Gasteiger charge is 2.27. The highest BCUT2D eigenvalue weighted by molar-refractivity contribution is 5.76. The number of nitrogens with one attached hydrogen (secondary N) is 1. The van der Waals surface area contributed by atoms with E-state index in [2.05, 4.69) is 31.0 Å². The van der Waals surface area contributed by atoms with Gasteiger partial charge in [0.2, 0.25) is 5.91 Å². The molecule has 0 aromatic rings. The largest absolute Gasteiger partial charge is 0.353 e. The molecule has 0 aromatic carbocycles. The molecule has 0 radical (unpaired) electrons. The van der Waals surface area contributed by atoms with Gasteiger partial charge in [-0.2, -0.15) is 0 Å². The van der Waals surface area contributed by atoms with E-state index in [1.807, 2.05) is 13.8 Å². The van der Waals surface area contributed by atoms with Crippen LogP contribution < -0.4 is 11.1 Å². The second-order valence-corrected chi connectivity index (χ2v) is 7.49. The van der Waals surface area contributed by atoms with Gasteiger partial charge in [-0.25, -0.2) is 0 Å². The molecule has 0 spiro atoms. The predicted molar refractivity (Wildman–Crippen MR) is 80.0 cm³/mol. The van der Waals surface area contributed by atoms with Gasteiger partial charge in [-0.15, -0.1) is 0 Å². The molecule has 1 saturated heterocycles. The Morgan fingerprint density at radius 3 is 2.16 bits per heavy atom. The van der Waals surface area contributed by atoms with E-state index in [-0.39, 0.29) is 17.0 Å². The summed E-state index contributed by atoms with van der Waals surface area (Å²) in [6.45, 7) is 12.8. The van der Waals surface area contributed by atoms with Crippen molar-refractivity contribution in [2.75, 3.05) is 13.1 Å². The molecule has 1 rings (SSSR count). The Labute approximate surface area is 118 Å². The maximum atomic E-state index is 11.9. The molecule has 0 saturated carbocycles. The molecular weight excluding hydrogens is 238 g/mol. The highest BCUT2D eigenvalue weighted by atomic mass is 16.1. The topological polar surface area (TPSA) is 58.4 Å². The van der Waals surface area contributed by atoms with E-state index in [1.54, 1.807) is 0 Å². The molecule has 0 atom stereocenters. The summed E-state index contributed by atoms with van der Waals surface area (Å²) in [7, 11) is 0. The summed E-state index contributed by atoms with van der Waals surface area (Å²) in [5, 5.41) is 3.14. The van der Waals surface area contributed by atoms with Crippen molar-refractivity contribution in [1.29, 1.82) is 0 Å². The molecule has 1 amide bonds. The van der Waals surface area contributed by atoms with Crippen molar-refractivity contribution in [3.63, 3.8) is 0 Å². The summed E-state index contributed by atoms with van der Waals surface area (Å²) in [5.41, 5.74) is 5.87. The molecule has 4 heteroatoms. The Morgan fingerprint density at radius 2 is 1.74 bits per heavy atom. The average molecular weight is 269 g/mol. The van der Waals surface area contributed by atoms with Gasteiger partial charge in [0.05, 0.1) is 0 Å². The second-order valence-electron chi connectivity index (χ2n) is 7.49. The van der Waals surface area contributed by atoms with Crippen LogP contribution >= 0.6 is 0 Å². The first kappa shape index (κ1) is 16.4. The summed E-state index contributed by atoms with van der Waals surface area (Å²) >= 11 is 0. The zero-order chi connectivity index (χ0) is 14.7. The molecule has 112 valence electrons. The van der Waals surface area contributed by atoms with Crippen molar-refractivity contribution in [1.82, 2.24) is 10.2 Å². The van der Waals surface area contributed by atoms with E-state index in [0.29, 0.717) is 12.5 Å². The normalized spacial score (nSPS) is 19.5. The van der Waals surface area contributed by atoms with Crippen molar-refractivity contribution < 1.29 is 4.79 Å². The van der Waals surface area contributed by atoms with Crippen LogP contribution in [0.15, 0.2) is 0 Å². The molecule has 4 nitrogen and oxygen atoms in total. The standard InChI is InChI=1S/C15H31N3O/c1-14(2,3)18-10-7-12(8-11-18)17-13(19)6-9-15(4,5)16/h12H,6-11,16H2,1-5H3,(H,17,19). The maximum Gasteiger partial charge on any atom is 0.220 e. The lowest BCUT2D eigenvalue weighted by atomic mass is 9.97. The molecule has 0 unspecified atom stereocenters. The molecule has 0 bridgehead atoms. The molecule has 1 fully saturated rings. The van der Waals surface area contributed by atoms with Crippen LogP contribution in [0.2, 0.25) is 0 Å². The summed E-state index contributed by atoms with van der Waals surface area (Å²) < 4.78 is 0. The van der Waals surface area contributed by atoms with E-state index in [4.69, 9.17) is 5.73 Å². The Kier molecular flexibility index (Phi) is 5.39. The molecule has 0 aromatic heterocycles. The van der Waals surface area contributed by atoms with Gasteiger partial charge in [0.25, 0.3) is 0 Å². The van der Waals surface area contributed by atoms with Gasteiger partial charge >= 0.3 is 0 Å². The number of hydrogen-bond donors (Lipinski definition) is 2. The molecule has 1 heterocycles. The van der Waals surface area contributed by atoms with Crippen LogP contribution in [0.25, 0.3) is 0 Å². The quantitative estimate of drug-likeness (QED) is 0.819. The van der Waals surface area contributed by atoms with E-state index < -0.39 is 0 Å². The average Bonchev–Trinajstić information content (AvgIpc) is 2.25. The molecule has 0 aliphatic carbocycles. The lowest BCUT2D eigenvalue weighted by molar-refractivity contribution is -0.122. The fourth-order valence-corrected chi connectivity index (χ4v) is 2.43. The third-order valence-corrected chi connectivity index (χ3v) is 3.81. The van der Waals surface area contributed by atoms with Crippen LogP contribution in [-0.2, 0) is 4.79 Å². The van der Waals surface area contributed by atoms with Gasteiger partial charge in [0.1, 0.15) is 0 Å². The number of rotatable bonds is 4. The van der Waals surface area contributed by atoms with Crippen molar-refractivity contribution in [2.45, 2.75) is 77.4 Å². The first-order valence-electron chi connectivity index (χ1n) is 7.41. The second kappa shape index (κ2) is 6.23. The molecule has 3 N–H and O–H groups in total. The van der Waals surface area contributed by atoms with Crippen molar-refractivity contribution in [2.24, 2.45) is 5.73 Å². The van der Waals surface area contributed by atoms with Gasteiger partial charge in [0.15, 0.2) is 0 Å². The molecule has 1 aliphatic heterocycles. The van der Waals surface area contributed by atoms with Gasteiger partial charge in [-0.1, -0.05) is 0 Å². The number of piperidine rings is 1. The minimum absolute atomic E-state index is 0.146. The minimum Gasteiger partial charge on any atom is -0.353 e. The fourth-order valence-electron chi connectivity index (χ4n) is 2.43. The smallest absolute Gasteiger partial charge is 0.220 e. The first-order valence-corrected chi connectivity index (χ1v) is 7.41. The van der Waals surface area contributed by atoms with Crippen LogP contribution in [0.4, 0.5) is 0 Å². The number of nitrogens with zero attached hydrogens (tertiary/aromatic N) is 1. The Morgan fingerprint density at radius 1 is 1.21 bits per heavy atom. The minimum atomic E-state index is -0.257. The zero-order valence-electron chi connectivity index (χ0n) is 13.3. The third-order valence-electron chi connectivity index (χ3n) is 3.81. The van der Waals surface area contributed by atoms with E-state index in [0.717, 1.165) is 32.4 Å². The number of carbonyl (C=O) groups excluding carboxylic acids is 1. The Bertz CT molecular complexity index is 293. The van der Waals surface area contributed by atoms with Crippen molar-refractivity contribution >= 4 is 5.91 Å². The van der Waals surface area contributed by atoms with Gasteiger partial charge in [-0.05, 0) is 53.9 Å². The third kappa shape index (κ3) is 6.39. The summed E-state index contributed by atoms with van der Waals surface area (Å²) in [6, 6.07) is 0.340. The van der Waals surface area contributed by atoms with Crippen molar-refractivity contribution in [3.8, 4) is 0 Å². The Balaban J connectivity index is 2.28. The highest BCUT2D eigenvalue weighted by Crippen LogP contribution is 2.20. The SMILES string of the molecule is CC(C)(N)CCC(=O)NC1CCN(C(C)(C)C)CC1. The number of hydrogen-bond acceptors (Lipinski definition) is 3. The lowest BCUT2D eigenvalue weighted by Crippen LogP contribution is -2.51. The van der Waals surface area contributed by atoms with Crippen LogP contribution in [0.3, 0.4) is 0 Å². The van der Waals surface area contributed by atoms with Gasteiger partial charge in [0, 0.05) is 36.6 Å². The maximum absolute atomic E-state index is 11.9. The van der Waals surface area contributed by atoms with E-state index in [9.17, 15) is 4.79 Å². The lowest BCUT2D eigenvalue weighted by Gasteiger charge is -2.41. The number of amides is 1. The summed E-state index contributed by atoms with van der Waals surface area (Å²) in [4.78, 5) is 14.3. The van der Waals surface area contributed by atoms with Gasteiger partial charge in [-0.3, -0.25) is 9.69 Å². The van der Waals surface area contributed by atoms with E-state index in [1.165, 1.54) is 0 Å². The molecule has 1 aliphatic rings. The number of likely N-dealkylation sites (tertiary alicyclic amines) is 1. The van der Waals surface area contributed by atoms with Gasteiger partial charge < -0.3 is 11.1 Å². The Hall–Kier alpha value is -0.610. The van der Waals surface area contributed by atoms with E-state index >= 15 is 0 Å². The van der Waals surface area contributed by atoms with Crippen LogP contribution in [0.5, 0.6) is 0 Å². The summed E-state index contributed by atoms with van der Waals surface area (Å²) in [6.07, 6.45) is 3.37. The predicted octanol–water partition coefficient (Wildman–Crippen LogP) is 1.88. The summed E-state index contributed by atoms with van der Waals surface area (Å²) in [5.74, 6) is 0.146. The molecular formula is C15H31N3O. The monoisotopic (exact) mass is 269 g/mol.